The third kappa shape index (κ3) is 2.09. The lowest BCUT2D eigenvalue weighted by Crippen LogP contribution is -2.07. The standard InChI is InChI=1S/C11H10F3N3OS/c1-4-7(11(12,13)14)6(8(15)19-4)10-16-9(17-18-10)5-2-3-5/h5H,2-3,15H2,1H3. The quantitative estimate of drug-likeness (QED) is 0.917. The Morgan fingerprint density at radius 2 is 2.05 bits per heavy atom. The van der Waals surface area contributed by atoms with Crippen LogP contribution in [-0.2, 0) is 6.18 Å². The first-order valence-corrected chi connectivity index (χ1v) is 6.49. The van der Waals surface area contributed by atoms with Crippen LogP contribution in [0.2, 0.25) is 0 Å². The predicted molar refractivity (Wildman–Crippen MR) is 63.7 cm³/mol. The first-order chi connectivity index (χ1) is 8.88. The van der Waals surface area contributed by atoms with Crippen molar-refractivity contribution in [3.63, 3.8) is 0 Å². The van der Waals surface area contributed by atoms with Gasteiger partial charge in [-0.15, -0.1) is 11.3 Å². The molecule has 3 rings (SSSR count). The summed E-state index contributed by atoms with van der Waals surface area (Å²) in [6.45, 7) is 1.38. The van der Waals surface area contributed by atoms with E-state index in [1.807, 2.05) is 0 Å². The zero-order valence-electron chi connectivity index (χ0n) is 9.91. The van der Waals surface area contributed by atoms with E-state index >= 15 is 0 Å². The Balaban J connectivity index is 2.12. The van der Waals surface area contributed by atoms with Crippen LogP contribution in [-0.4, -0.2) is 10.1 Å². The van der Waals surface area contributed by atoms with Gasteiger partial charge >= 0.3 is 6.18 Å². The van der Waals surface area contributed by atoms with Crippen LogP contribution in [0.5, 0.6) is 0 Å². The molecule has 8 heteroatoms. The fraction of sp³-hybridized carbons (Fsp3) is 0.455. The number of nitrogens with zero attached hydrogens (tertiary/aromatic N) is 2. The summed E-state index contributed by atoms with van der Waals surface area (Å²) in [5.74, 6) is 0.537. The zero-order valence-corrected chi connectivity index (χ0v) is 10.7. The Kier molecular flexibility index (Phi) is 2.60. The molecular weight excluding hydrogens is 279 g/mol. The second-order valence-electron chi connectivity index (χ2n) is 4.50. The Morgan fingerprint density at radius 1 is 1.37 bits per heavy atom. The predicted octanol–water partition coefficient (Wildman–Crippen LogP) is 3.58. The Labute approximate surface area is 110 Å². The fourth-order valence-electron chi connectivity index (χ4n) is 1.96. The molecule has 0 aliphatic heterocycles. The molecule has 0 spiro atoms. The summed E-state index contributed by atoms with van der Waals surface area (Å²) in [7, 11) is 0. The van der Waals surface area contributed by atoms with E-state index in [-0.39, 0.29) is 27.3 Å². The number of nitrogens with two attached hydrogens (primary N) is 1. The highest BCUT2D eigenvalue weighted by Crippen LogP contribution is 2.47. The zero-order chi connectivity index (χ0) is 13.8. The maximum Gasteiger partial charge on any atom is 0.418 e. The maximum absolute atomic E-state index is 13.0. The molecule has 0 atom stereocenters. The molecule has 102 valence electrons. The van der Waals surface area contributed by atoms with Crippen LogP contribution in [0, 0.1) is 6.92 Å². The number of alkyl halides is 3. The lowest BCUT2D eigenvalue weighted by atomic mass is 10.1. The van der Waals surface area contributed by atoms with Gasteiger partial charge in [-0.25, -0.2) is 0 Å². The van der Waals surface area contributed by atoms with E-state index in [2.05, 4.69) is 10.1 Å². The molecule has 1 aliphatic carbocycles. The highest BCUT2D eigenvalue weighted by atomic mass is 32.1. The first-order valence-electron chi connectivity index (χ1n) is 5.68. The van der Waals surface area contributed by atoms with Crippen LogP contribution in [0.15, 0.2) is 4.52 Å². The van der Waals surface area contributed by atoms with Crippen molar-refractivity contribution in [3.8, 4) is 11.5 Å². The van der Waals surface area contributed by atoms with Crippen molar-refractivity contribution in [1.82, 2.24) is 10.1 Å². The monoisotopic (exact) mass is 289 g/mol. The summed E-state index contributed by atoms with van der Waals surface area (Å²) in [4.78, 5) is 4.14. The molecule has 0 saturated heterocycles. The molecular formula is C11H10F3N3OS. The molecule has 1 saturated carbocycles. The number of anilines is 1. The number of aromatic nitrogens is 2. The van der Waals surface area contributed by atoms with Crippen molar-refractivity contribution in [1.29, 1.82) is 0 Å². The minimum Gasteiger partial charge on any atom is -0.390 e. The van der Waals surface area contributed by atoms with Gasteiger partial charge in [0.1, 0.15) is 0 Å². The highest BCUT2D eigenvalue weighted by Gasteiger charge is 2.40. The molecule has 2 aromatic rings. The van der Waals surface area contributed by atoms with Gasteiger partial charge in [0.05, 0.1) is 16.1 Å². The van der Waals surface area contributed by atoms with Crippen molar-refractivity contribution in [3.05, 3.63) is 16.3 Å². The number of aryl methyl sites for hydroxylation is 1. The largest absolute Gasteiger partial charge is 0.418 e. The molecule has 2 aromatic heterocycles. The third-order valence-electron chi connectivity index (χ3n) is 2.99. The van der Waals surface area contributed by atoms with Gasteiger partial charge in [0, 0.05) is 10.8 Å². The van der Waals surface area contributed by atoms with Crippen molar-refractivity contribution < 1.29 is 17.7 Å². The van der Waals surface area contributed by atoms with Crippen LogP contribution in [0.25, 0.3) is 11.5 Å². The van der Waals surface area contributed by atoms with Gasteiger partial charge in [-0.1, -0.05) is 5.16 Å². The molecule has 4 nitrogen and oxygen atoms in total. The Bertz CT molecular complexity index is 628. The van der Waals surface area contributed by atoms with E-state index in [9.17, 15) is 13.2 Å². The minimum absolute atomic E-state index is 0.0517. The van der Waals surface area contributed by atoms with E-state index in [0.29, 0.717) is 5.82 Å². The van der Waals surface area contributed by atoms with Gasteiger partial charge in [-0.3, -0.25) is 0 Å². The molecule has 1 aliphatic rings. The highest BCUT2D eigenvalue weighted by molar-refractivity contribution is 7.16. The summed E-state index contributed by atoms with van der Waals surface area (Å²) in [6, 6.07) is 0. The third-order valence-corrected chi connectivity index (χ3v) is 3.93. The fourth-order valence-corrected chi connectivity index (χ4v) is 2.90. The maximum atomic E-state index is 13.0. The van der Waals surface area contributed by atoms with Gasteiger partial charge in [-0.05, 0) is 19.8 Å². The SMILES string of the molecule is Cc1sc(N)c(-c2nc(C3CC3)no2)c1C(F)(F)F. The van der Waals surface area contributed by atoms with Crippen LogP contribution in [0.1, 0.15) is 35.0 Å². The van der Waals surface area contributed by atoms with E-state index in [4.69, 9.17) is 10.3 Å². The van der Waals surface area contributed by atoms with E-state index in [1.165, 1.54) is 6.92 Å². The molecule has 0 unspecified atom stereocenters. The number of nitrogen functional groups attached to an aromatic ring is 1. The topological polar surface area (TPSA) is 64.9 Å². The van der Waals surface area contributed by atoms with Crippen LogP contribution >= 0.6 is 11.3 Å². The second kappa shape index (κ2) is 3.96. The van der Waals surface area contributed by atoms with Crippen molar-refractivity contribution in [2.24, 2.45) is 0 Å². The molecule has 0 bridgehead atoms. The summed E-state index contributed by atoms with van der Waals surface area (Å²) in [6.07, 6.45) is -2.59. The molecule has 0 aromatic carbocycles. The van der Waals surface area contributed by atoms with E-state index in [1.54, 1.807) is 0 Å². The molecule has 2 heterocycles. The Hall–Kier alpha value is -1.57. The molecule has 1 fully saturated rings. The lowest BCUT2D eigenvalue weighted by Gasteiger charge is -2.07. The van der Waals surface area contributed by atoms with Crippen LogP contribution in [0.4, 0.5) is 18.2 Å². The molecule has 2 N–H and O–H groups in total. The number of hydrogen-bond acceptors (Lipinski definition) is 5. The lowest BCUT2D eigenvalue weighted by molar-refractivity contribution is -0.137. The first kappa shape index (κ1) is 12.5. The van der Waals surface area contributed by atoms with Crippen molar-refractivity contribution in [2.75, 3.05) is 5.73 Å². The smallest absolute Gasteiger partial charge is 0.390 e. The number of hydrogen-bond donors (Lipinski definition) is 1. The van der Waals surface area contributed by atoms with E-state index in [0.717, 1.165) is 24.2 Å². The normalized spacial score (nSPS) is 16.0. The van der Waals surface area contributed by atoms with Crippen molar-refractivity contribution in [2.45, 2.75) is 31.9 Å². The van der Waals surface area contributed by atoms with Gasteiger partial charge in [-0.2, -0.15) is 18.2 Å². The summed E-state index contributed by atoms with van der Waals surface area (Å²) in [5.41, 5.74) is 4.70. The van der Waals surface area contributed by atoms with Gasteiger partial charge in [0.15, 0.2) is 5.82 Å². The number of rotatable bonds is 2. The van der Waals surface area contributed by atoms with Crippen molar-refractivity contribution >= 4 is 16.3 Å². The molecule has 0 radical (unpaired) electrons. The number of thiophene rings is 1. The average Bonchev–Trinajstić information content (AvgIpc) is 2.93. The Morgan fingerprint density at radius 3 is 2.63 bits per heavy atom. The van der Waals surface area contributed by atoms with Gasteiger partial charge in [0.25, 0.3) is 5.89 Å². The summed E-state index contributed by atoms with van der Waals surface area (Å²) < 4.78 is 44.1. The van der Waals surface area contributed by atoms with E-state index < -0.39 is 11.7 Å². The molecule has 19 heavy (non-hydrogen) atoms. The minimum atomic E-state index is -4.48. The average molecular weight is 289 g/mol. The van der Waals surface area contributed by atoms with Gasteiger partial charge < -0.3 is 10.3 Å². The number of halogens is 3. The van der Waals surface area contributed by atoms with Crippen LogP contribution < -0.4 is 5.73 Å². The second-order valence-corrected chi connectivity index (χ2v) is 5.76. The van der Waals surface area contributed by atoms with Gasteiger partial charge in [0.2, 0.25) is 0 Å². The van der Waals surface area contributed by atoms with Crippen LogP contribution in [0.3, 0.4) is 0 Å². The summed E-state index contributed by atoms with van der Waals surface area (Å²) in [5, 5.41) is 3.78. The summed E-state index contributed by atoms with van der Waals surface area (Å²) >= 11 is 0.881. The molecule has 0 amide bonds.